The molecule has 166 valence electrons. The predicted octanol–water partition coefficient (Wildman–Crippen LogP) is 4.57. The number of nitrogens with one attached hydrogen (secondary N) is 2. The Balaban J connectivity index is 1.62. The predicted molar refractivity (Wildman–Crippen MR) is 125 cm³/mol. The molecule has 2 aromatic rings. The van der Waals surface area contributed by atoms with Gasteiger partial charge in [0.05, 0.1) is 11.6 Å². The monoisotopic (exact) mass is 430 g/mol. The average Bonchev–Trinajstić information content (AvgIpc) is 2.79. The van der Waals surface area contributed by atoms with Crippen LogP contribution in [0.25, 0.3) is 0 Å². The minimum atomic E-state index is -0.139. The zero-order valence-corrected chi connectivity index (χ0v) is 18.8. The molecule has 2 N–H and O–H groups in total. The second-order valence-corrected chi connectivity index (χ2v) is 8.78. The molecule has 0 aliphatic heterocycles. The van der Waals surface area contributed by atoms with Gasteiger partial charge in [-0.15, -0.1) is 0 Å². The summed E-state index contributed by atoms with van der Waals surface area (Å²) in [7, 11) is 0. The molecule has 0 saturated carbocycles. The lowest BCUT2D eigenvalue weighted by Crippen LogP contribution is -2.37. The number of nitrogens with zero attached hydrogens (tertiary/aromatic N) is 2. The van der Waals surface area contributed by atoms with Crippen molar-refractivity contribution >= 4 is 17.6 Å². The van der Waals surface area contributed by atoms with Crippen molar-refractivity contribution < 1.29 is 9.59 Å². The number of hydrogen-bond donors (Lipinski definition) is 2. The number of rotatable bonds is 7. The van der Waals surface area contributed by atoms with Gasteiger partial charge in [-0.1, -0.05) is 31.6 Å². The number of nitriles is 1. The second-order valence-electron chi connectivity index (χ2n) is 8.78. The normalized spacial score (nSPS) is 20.2. The summed E-state index contributed by atoms with van der Waals surface area (Å²) in [6.45, 7) is 7.01. The molecule has 6 nitrogen and oxygen atoms in total. The van der Waals surface area contributed by atoms with Crippen molar-refractivity contribution in [3.8, 4) is 6.07 Å². The Morgan fingerprint density at radius 3 is 2.56 bits per heavy atom. The first-order valence-corrected chi connectivity index (χ1v) is 11.0. The molecule has 2 amide bonds. The molecule has 0 radical (unpaired) electrons. The maximum atomic E-state index is 12.6. The number of carbonyl (C=O) groups excluding carboxylic acids is 2. The van der Waals surface area contributed by atoms with E-state index in [-0.39, 0.29) is 23.7 Å². The van der Waals surface area contributed by atoms with Gasteiger partial charge in [0.15, 0.2) is 0 Å². The quantitative estimate of drug-likeness (QED) is 0.629. The number of aromatic nitrogens is 1. The molecule has 0 saturated heterocycles. The van der Waals surface area contributed by atoms with Crippen molar-refractivity contribution in [3.63, 3.8) is 0 Å². The first-order valence-electron chi connectivity index (χ1n) is 11.0. The molecule has 3 atom stereocenters. The molecule has 3 rings (SSSR count). The molecule has 1 aliphatic rings. The van der Waals surface area contributed by atoms with E-state index < -0.39 is 0 Å². The van der Waals surface area contributed by atoms with E-state index in [2.05, 4.69) is 48.5 Å². The van der Waals surface area contributed by atoms with Crippen LogP contribution in [0.3, 0.4) is 0 Å². The minimum absolute atomic E-state index is 0.0310. The molecule has 1 aliphatic carbocycles. The van der Waals surface area contributed by atoms with Gasteiger partial charge in [-0.25, -0.2) is 4.98 Å². The van der Waals surface area contributed by atoms with Crippen molar-refractivity contribution in [3.05, 3.63) is 71.4 Å². The zero-order valence-electron chi connectivity index (χ0n) is 18.8. The number of carbonyl (C=O) groups is 2. The smallest absolute Gasteiger partial charge is 0.251 e. The molecule has 0 spiro atoms. The van der Waals surface area contributed by atoms with Gasteiger partial charge in [0, 0.05) is 24.7 Å². The Hall–Kier alpha value is -3.46. The number of allylic oxidation sites excluding steroid dienone is 1. The molecule has 1 heterocycles. The lowest BCUT2D eigenvalue weighted by atomic mass is 9.69. The third-order valence-electron chi connectivity index (χ3n) is 6.22. The van der Waals surface area contributed by atoms with Crippen LogP contribution in [-0.2, 0) is 4.79 Å². The van der Waals surface area contributed by atoms with Crippen LogP contribution in [-0.4, -0.2) is 23.3 Å². The van der Waals surface area contributed by atoms with Crippen LogP contribution in [0.1, 0.15) is 49.5 Å². The molecule has 1 aromatic carbocycles. The summed E-state index contributed by atoms with van der Waals surface area (Å²) < 4.78 is 0. The fraction of sp³-hybridized carbons (Fsp3) is 0.385. The molecule has 0 fully saturated rings. The van der Waals surface area contributed by atoms with E-state index in [1.165, 1.54) is 5.57 Å². The van der Waals surface area contributed by atoms with Crippen molar-refractivity contribution in [2.45, 2.75) is 33.6 Å². The standard InChI is InChI=1S/C26H30N4O2/c1-17(2)23-13-21(14-25(31)30-24-6-4-5-11-28-24)18(3)12-22(23)16-29-26(32)20-9-7-19(15-27)8-10-20/h4-12,17,21-23H,13-14,16H2,1-3H3,(H,29,32)(H,28,30,31). The van der Waals surface area contributed by atoms with Crippen LogP contribution in [0.15, 0.2) is 60.3 Å². The highest BCUT2D eigenvalue weighted by molar-refractivity contribution is 5.94. The third kappa shape index (κ3) is 6.04. The summed E-state index contributed by atoms with van der Waals surface area (Å²) in [5, 5.41) is 14.8. The van der Waals surface area contributed by atoms with E-state index in [1.807, 2.05) is 12.1 Å². The van der Waals surface area contributed by atoms with Gasteiger partial charge in [0.1, 0.15) is 5.82 Å². The molecule has 0 bridgehead atoms. The third-order valence-corrected chi connectivity index (χ3v) is 6.22. The maximum absolute atomic E-state index is 12.6. The number of benzene rings is 1. The SMILES string of the molecule is CC1=CC(CNC(=O)c2ccc(C#N)cc2)C(C(C)C)CC1CC(=O)Nc1ccccn1. The van der Waals surface area contributed by atoms with E-state index in [0.717, 1.165) is 6.42 Å². The van der Waals surface area contributed by atoms with Gasteiger partial charge in [0.25, 0.3) is 5.91 Å². The summed E-state index contributed by atoms with van der Waals surface area (Å²) in [6.07, 6.45) is 5.22. The molecule has 6 heteroatoms. The Bertz CT molecular complexity index is 1010. The first kappa shape index (κ1) is 23.2. The highest BCUT2D eigenvalue weighted by atomic mass is 16.2. The van der Waals surface area contributed by atoms with E-state index in [1.54, 1.807) is 36.5 Å². The lowest BCUT2D eigenvalue weighted by molar-refractivity contribution is -0.117. The Morgan fingerprint density at radius 1 is 1.19 bits per heavy atom. The average molecular weight is 431 g/mol. The zero-order chi connectivity index (χ0) is 23.1. The van der Waals surface area contributed by atoms with E-state index in [9.17, 15) is 9.59 Å². The van der Waals surface area contributed by atoms with E-state index in [0.29, 0.717) is 41.7 Å². The van der Waals surface area contributed by atoms with Gasteiger partial charge in [-0.2, -0.15) is 5.26 Å². The van der Waals surface area contributed by atoms with Crippen LogP contribution < -0.4 is 10.6 Å². The second kappa shape index (κ2) is 10.7. The highest BCUT2D eigenvalue weighted by Crippen LogP contribution is 2.38. The van der Waals surface area contributed by atoms with Crippen LogP contribution in [0.5, 0.6) is 0 Å². The van der Waals surface area contributed by atoms with Gasteiger partial charge in [-0.3, -0.25) is 9.59 Å². The van der Waals surface area contributed by atoms with Crippen LogP contribution in [0.4, 0.5) is 5.82 Å². The highest BCUT2D eigenvalue weighted by Gasteiger charge is 2.32. The summed E-state index contributed by atoms with van der Waals surface area (Å²) in [5.74, 6) is 1.59. The summed E-state index contributed by atoms with van der Waals surface area (Å²) in [5.41, 5.74) is 2.27. The molecule has 3 unspecified atom stereocenters. The Morgan fingerprint density at radius 2 is 1.94 bits per heavy atom. The van der Waals surface area contributed by atoms with Crippen LogP contribution in [0.2, 0.25) is 0 Å². The van der Waals surface area contributed by atoms with Crippen molar-refractivity contribution in [1.82, 2.24) is 10.3 Å². The Kier molecular flexibility index (Phi) is 7.77. The van der Waals surface area contributed by atoms with E-state index in [4.69, 9.17) is 5.26 Å². The number of anilines is 1. The molecular formula is C26H30N4O2. The summed E-state index contributed by atoms with van der Waals surface area (Å²) in [6, 6.07) is 14.2. The van der Waals surface area contributed by atoms with Crippen LogP contribution >= 0.6 is 0 Å². The Labute approximate surface area is 189 Å². The van der Waals surface area contributed by atoms with Crippen molar-refractivity contribution in [1.29, 1.82) is 5.26 Å². The largest absolute Gasteiger partial charge is 0.351 e. The van der Waals surface area contributed by atoms with Gasteiger partial charge < -0.3 is 10.6 Å². The molecule has 1 aromatic heterocycles. The number of hydrogen-bond acceptors (Lipinski definition) is 4. The van der Waals surface area contributed by atoms with Gasteiger partial charge >= 0.3 is 0 Å². The fourth-order valence-electron chi connectivity index (χ4n) is 4.37. The lowest BCUT2D eigenvalue weighted by Gasteiger charge is -2.37. The fourth-order valence-corrected chi connectivity index (χ4v) is 4.37. The maximum Gasteiger partial charge on any atom is 0.251 e. The van der Waals surface area contributed by atoms with Crippen LogP contribution in [0, 0.1) is 35.0 Å². The molecular weight excluding hydrogens is 400 g/mol. The van der Waals surface area contributed by atoms with Gasteiger partial charge in [0.2, 0.25) is 5.91 Å². The van der Waals surface area contributed by atoms with Crippen molar-refractivity contribution in [2.75, 3.05) is 11.9 Å². The van der Waals surface area contributed by atoms with E-state index >= 15 is 0 Å². The first-order chi connectivity index (χ1) is 15.4. The van der Waals surface area contributed by atoms with Crippen molar-refractivity contribution in [2.24, 2.45) is 23.7 Å². The summed E-state index contributed by atoms with van der Waals surface area (Å²) >= 11 is 0. The minimum Gasteiger partial charge on any atom is -0.351 e. The summed E-state index contributed by atoms with van der Waals surface area (Å²) in [4.78, 5) is 29.3. The molecule has 32 heavy (non-hydrogen) atoms. The van der Waals surface area contributed by atoms with Gasteiger partial charge in [-0.05, 0) is 73.4 Å². The topological polar surface area (TPSA) is 94.9 Å². The number of pyridine rings is 1. The number of amides is 2.